The van der Waals surface area contributed by atoms with Gasteiger partial charge in [-0.05, 0) is 57.5 Å². The van der Waals surface area contributed by atoms with Gasteiger partial charge in [-0.2, -0.15) is 4.31 Å². The minimum atomic E-state index is -3.24. The van der Waals surface area contributed by atoms with Crippen molar-refractivity contribution in [2.24, 2.45) is 5.92 Å². The lowest BCUT2D eigenvalue weighted by atomic mass is 10.00. The van der Waals surface area contributed by atoms with Gasteiger partial charge in [-0.15, -0.1) is 0 Å². The van der Waals surface area contributed by atoms with Crippen molar-refractivity contribution < 1.29 is 18.3 Å². The molecule has 3 rings (SSSR count). The molecule has 0 radical (unpaired) electrons. The number of carbonyl (C=O) groups is 1. The molecule has 0 spiro atoms. The van der Waals surface area contributed by atoms with Crippen molar-refractivity contribution in [3.05, 3.63) is 0 Å². The smallest absolute Gasteiger partial charge is 0.404 e. The molecule has 3 N–H and O–H groups in total. The van der Waals surface area contributed by atoms with Crippen LogP contribution in [0.4, 0.5) is 4.79 Å². The molecular weight excluding hydrogens is 306 g/mol. The molecule has 3 heterocycles. The van der Waals surface area contributed by atoms with Crippen molar-refractivity contribution in [2.75, 3.05) is 18.8 Å². The summed E-state index contributed by atoms with van der Waals surface area (Å²) in [5.41, 5.74) is 0. The lowest BCUT2D eigenvalue weighted by molar-refractivity contribution is 0.169. The van der Waals surface area contributed by atoms with Gasteiger partial charge < -0.3 is 15.7 Å². The molecule has 0 aliphatic carbocycles. The van der Waals surface area contributed by atoms with E-state index in [1.54, 1.807) is 4.31 Å². The van der Waals surface area contributed by atoms with Crippen molar-refractivity contribution in [1.82, 2.24) is 14.9 Å². The highest BCUT2D eigenvalue weighted by Gasteiger charge is 2.47. The van der Waals surface area contributed by atoms with E-state index in [-0.39, 0.29) is 29.8 Å². The molecule has 22 heavy (non-hydrogen) atoms. The van der Waals surface area contributed by atoms with Gasteiger partial charge in [0.25, 0.3) is 0 Å². The van der Waals surface area contributed by atoms with E-state index in [4.69, 9.17) is 5.11 Å². The highest BCUT2D eigenvalue weighted by Crippen LogP contribution is 2.38. The fraction of sp³-hybridized carbons (Fsp3) is 0.929. The zero-order valence-corrected chi connectivity index (χ0v) is 13.5. The number of fused-ring (bicyclic) bond motifs is 2. The van der Waals surface area contributed by atoms with Crippen LogP contribution in [0.3, 0.4) is 0 Å². The molecular formula is C14H25N3O4S. The Morgan fingerprint density at radius 2 is 1.73 bits per heavy atom. The van der Waals surface area contributed by atoms with Crippen LogP contribution in [-0.2, 0) is 10.0 Å². The Hall–Kier alpha value is -0.860. The molecule has 8 heteroatoms. The first-order chi connectivity index (χ1) is 10.5. The maximum atomic E-state index is 12.8. The third-order valence-corrected chi connectivity index (χ3v) is 7.35. The number of carboxylic acid groups (broad SMARTS) is 1. The van der Waals surface area contributed by atoms with Gasteiger partial charge in [0.2, 0.25) is 10.0 Å². The highest BCUT2D eigenvalue weighted by atomic mass is 32.2. The molecule has 3 atom stereocenters. The lowest BCUT2D eigenvalue weighted by Crippen LogP contribution is -2.53. The van der Waals surface area contributed by atoms with Crippen molar-refractivity contribution in [2.45, 2.75) is 56.7 Å². The molecule has 1 amide bonds. The van der Waals surface area contributed by atoms with E-state index in [1.165, 1.54) is 0 Å². The molecule has 126 valence electrons. The number of hydrogen-bond donors (Lipinski definition) is 3. The molecule has 0 aromatic carbocycles. The summed E-state index contributed by atoms with van der Waals surface area (Å²) in [4.78, 5) is 10.8. The first-order valence-corrected chi connectivity index (χ1v) is 9.78. The quantitative estimate of drug-likeness (QED) is 0.700. The van der Waals surface area contributed by atoms with Crippen LogP contribution in [0.15, 0.2) is 0 Å². The van der Waals surface area contributed by atoms with Gasteiger partial charge in [0, 0.05) is 18.1 Å². The molecule has 3 aliphatic heterocycles. The van der Waals surface area contributed by atoms with Crippen LogP contribution in [-0.4, -0.2) is 60.9 Å². The van der Waals surface area contributed by atoms with E-state index < -0.39 is 16.1 Å². The number of nitrogens with zero attached hydrogens (tertiary/aromatic N) is 1. The van der Waals surface area contributed by atoms with E-state index in [0.29, 0.717) is 12.8 Å². The average molecular weight is 331 g/mol. The molecule has 3 aliphatic rings. The van der Waals surface area contributed by atoms with Gasteiger partial charge in [0.1, 0.15) is 0 Å². The molecule has 2 unspecified atom stereocenters. The summed E-state index contributed by atoms with van der Waals surface area (Å²) in [6.07, 6.45) is 3.75. The van der Waals surface area contributed by atoms with Gasteiger partial charge in [-0.3, -0.25) is 0 Å². The molecule has 0 aromatic heterocycles. The van der Waals surface area contributed by atoms with E-state index in [0.717, 1.165) is 38.8 Å². The van der Waals surface area contributed by atoms with Crippen LogP contribution in [0, 0.1) is 5.92 Å². The predicted molar refractivity (Wildman–Crippen MR) is 82.2 cm³/mol. The second-order valence-electron chi connectivity index (χ2n) is 6.80. The monoisotopic (exact) mass is 331 g/mol. The SMILES string of the molecule is O=C(O)NC1CC2CC[C@H](C1)N2S(=O)(=O)CC1CCNCC1. The minimum Gasteiger partial charge on any atom is -0.465 e. The number of amides is 1. The van der Waals surface area contributed by atoms with Gasteiger partial charge in [-0.25, -0.2) is 13.2 Å². The second-order valence-corrected chi connectivity index (χ2v) is 8.72. The fourth-order valence-electron chi connectivity index (χ4n) is 4.31. The van der Waals surface area contributed by atoms with Crippen LogP contribution in [0.2, 0.25) is 0 Å². The van der Waals surface area contributed by atoms with Gasteiger partial charge in [0.05, 0.1) is 5.75 Å². The first kappa shape index (κ1) is 16.0. The maximum absolute atomic E-state index is 12.8. The minimum absolute atomic E-state index is 0.0256. The predicted octanol–water partition coefficient (Wildman–Crippen LogP) is 0.579. The number of piperidine rings is 2. The summed E-state index contributed by atoms with van der Waals surface area (Å²) in [5.74, 6) is 0.499. The van der Waals surface area contributed by atoms with Gasteiger partial charge in [-0.1, -0.05) is 0 Å². The van der Waals surface area contributed by atoms with Crippen LogP contribution >= 0.6 is 0 Å². The summed E-state index contributed by atoms with van der Waals surface area (Å²) in [7, 11) is -3.24. The molecule has 7 nitrogen and oxygen atoms in total. The van der Waals surface area contributed by atoms with Gasteiger partial charge >= 0.3 is 6.09 Å². The third kappa shape index (κ3) is 3.38. The Morgan fingerprint density at radius 1 is 1.14 bits per heavy atom. The van der Waals surface area contributed by atoms with Crippen LogP contribution in [0.5, 0.6) is 0 Å². The molecule has 2 bridgehead atoms. The number of sulfonamides is 1. The summed E-state index contributed by atoms with van der Waals surface area (Å²) in [5, 5.41) is 14.6. The maximum Gasteiger partial charge on any atom is 0.404 e. The molecule has 3 fully saturated rings. The Morgan fingerprint density at radius 3 is 2.27 bits per heavy atom. The van der Waals surface area contributed by atoms with E-state index in [9.17, 15) is 13.2 Å². The highest BCUT2D eigenvalue weighted by molar-refractivity contribution is 7.89. The number of rotatable bonds is 4. The Labute approximate surface area is 131 Å². The van der Waals surface area contributed by atoms with E-state index >= 15 is 0 Å². The number of nitrogens with one attached hydrogen (secondary N) is 2. The second kappa shape index (κ2) is 6.33. The Kier molecular flexibility index (Phi) is 4.61. The van der Waals surface area contributed by atoms with E-state index in [1.807, 2.05) is 0 Å². The summed E-state index contributed by atoms with van der Waals surface area (Å²) in [6, 6.07) is -0.162. The van der Waals surface area contributed by atoms with Crippen LogP contribution in [0.25, 0.3) is 0 Å². The van der Waals surface area contributed by atoms with E-state index in [2.05, 4.69) is 10.6 Å². The summed E-state index contributed by atoms with van der Waals surface area (Å²) >= 11 is 0. The van der Waals surface area contributed by atoms with Crippen molar-refractivity contribution >= 4 is 16.1 Å². The largest absolute Gasteiger partial charge is 0.465 e. The normalized spacial score (nSPS) is 33.7. The molecule has 0 saturated carbocycles. The Balaban J connectivity index is 1.66. The van der Waals surface area contributed by atoms with Crippen LogP contribution in [0.1, 0.15) is 38.5 Å². The van der Waals surface area contributed by atoms with Crippen molar-refractivity contribution in [3.63, 3.8) is 0 Å². The summed E-state index contributed by atoms with van der Waals surface area (Å²) in [6.45, 7) is 1.80. The average Bonchev–Trinajstić information content (AvgIpc) is 2.72. The topological polar surface area (TPSA) is 98.7 Å². The lowest BCUT2D eigenvalue weighted by Gasteiger charge is -2.38. The van der Waals surface area contributed by atoms with Gasteiger partial charge in [0.15, 0.2) is 0 Å². The van der Waals surface area contributed by atoms with Crippen molar-refractivity contribution in [1.29, 1.82) is 0 Å². The third-order valence-electron chi connectivity index (χ3n) is 5.22. The molecule has 0 aromatic rings. The van der Waals surface area contributed by atoms with Crippen LogP contribution < -0.4 is 10.6 Å². The first-order valence-electron chi connectivity index (χ1n) is 8.17. The summed E-state index contributed by atoms with van der Waals surface area (Å²) < 4.78 is 27.3. The van der Waals surface area contributed by atoms with Crippen molar-refractivity contribution in [3.8, 4) is 0 Å². The zero-order chi connectivity index (χ0) is 15.7. The zero-order valence-electron chi connectivity index (χ0n) is 12.7. The fourth-order valence-corrected chi connectivity index (χ4v) is 6.71. The standard InChI is InChI=1S/C14H25N3O4S/c18-14(19)16-11-7-12-1-2-13(8-11)17(12)22(20,21)9-10-3-5-15-6-4-10/h10-13,15-16H,1-9H2,(H,18,19)/t11?,12-,13?/m1/s1. The number of hydrogen-bond acceptors (Lipinski definition) is 4. The Bertz CT molecular complexity index is 504. The molecule has 3 saturated heterocycles.